The van der Waals surface area contributed by atoms with Crippen molar-refractivity contribution in [3.8, 4) is 0 Å². The molecule has 0 radical (unpaired) electrons. The van der Waals surface area contributed by atoms with Crippen LogP contribution in [-0.2, 0) is 6.42 Å². The van der Waals surface area contributed by atoms with Crippen LogP contribution in [0.25, 0.3) is 6.08 Å². The predicted molar refractivity (Wildman–Crippen MR) is 71.5 cm³/mol. The van der Waals surface area contributed by atoms with Gasteiger partial charge in [0.15, 0.2) is 5.78 Å². The number of hydrogen-bond donors (Lipinski definition) is 0. The summed E-state index contributed by atoms with van der Waals surface area (Å²) in [5.74, 6) is 0.187. The van der Waals surface area contributed by atoms with Crippen molar-refractivity contribution in [2.45, 2.75) is 13.3 Å². The van der Waals surface area contributed by atoms with Crippen LogP contribution in [0.1, 0.15) is 26.4 Å². The molecule has 0 amide bonds. The molecule has 3 rings (SSSR count). The zero-order valence-corrected chi connectivity index (χ0v) is 10.4. The molecule has 2 aromatic rings. The third kappa shape index (κ3) is 1.85. The Labute approximate surface area is 104 Å². The van der Waals surface area contributed by atoms with Crippen LogP contribution in [0.2, 0.25) is 0 Å². The van der Waals surface area contributed by atoms with E-state index >= 15 is 0 Å². The predicted octanol–water partition coefficient (Wildman–Crippen LogP) is 3.88. The standard InChI is InChI=1S/C15H12OS/c1-10-6-13(17-9-10)8-12-7-11-4-2-3-5-14(11)15(12)16/h2-6,8-9H,7H2,1H3. The van der Waals surface area contributed by atoms with Crippen LogP contribution in [0.5, 0.6) is 0 Å². The molecule has 0 saturated heterocycles. The SMILES string of the molecule is Cc1csc(C=C2Cc3ccccc3C2=O)c1. The van der Waals surface area contributed by atoms with E-state index in [1.54, 1.807) is 11.3 Å². The summed E-state index contributed by atoms with van der Waals surface area (Å²) in [6.45, 7) is 2.07. The average molecular weight is 240 g/mol. The fourth-order valence-corrected chi connectivity index (χ4v) is 3.03. The number of ketones is 1. The van der Waals surface area contributed by atoms with Gasteiger partial charge in [0, 0.05) is 22.4 Å². The number of Topliss-reactive ketones (excluding diaryl/α,β-unsaturated/α-hetero) is 1. The van der Waals surface area contributed by atoms with E-state index in [-0.39, 0.29) is 5.78 Å². The van der Waals surface area contributed by atoms with Gasteiger partial charge in [-0.05, 0) is 35.6 Å². The average Bonchev–Trinajstić information content (AvgIpc) is 2.86. The number of fused-ring (bicyclic) bond motifs is 1. The number of benzene rings is 1. The van der Waals surface area contributed by atoms with Gasteiger partial charge in [-0.25, -0.2) is 0 Å². The largest absolute Gasteiger partial charge is 0.289 e. The highest BCUT2D eigenvalue weighted by Crippen LogP contribution is 2.28. The Kier molecular flexibility index (Phi) is 2.45. The van der Waals surface area contributed by atoms with Crippen LogP contribution in [0.4, 0.5) is 0 Å². The van der Waals surface area contributed by atoms with E-state index in [0.717, 1.165) is 23.1 Å². The van der Waals surface area contributed by atoms with Crippen LogP contribution >= 0.6 is 11.3 Å². The van der Waals surface area contributed by atoms with Crippen LogP contribution in [-0.4, -0.2) is 5.78 Å². The summed E-state index contributed by atoms with van der Waals surface area (Å²) >= 11 is 1.69. The highest BCUT2D eigenvalue weighted by Gasteiger charge is 2.23. The van der Waals surface area contributed by atoms with E-state index in [2.05, 4.69) is 18.4 Å². The zero-order chi connectivity index (χ0) is 11.8. The second kappa shape index (κ2) is 3.97. The van der Waals surface area contributed by atoms with Crippen molar-refractivity contribution in [1.29, 1.82) is 0 Å². The second-order valence-corrected chi connectivity index (χ2v) is 5.30. The third-order valence-corrected chi connectivity index (χ3v) is 4.00. The molecule has 0 aliphatic heterocycles. The minimum Gasteiger partial charge on any atom is -0.289 e. The lowest BCUT2D eigenvalue weighted by molar-refractivity contribution is 0.104. The maximum absolute atomic E-state index is 12.1. The van der Waals surface area contributed by atoms with Gasteiger partial charge in [0.25, 0.3) is 0 Å². The number of aryl methyl sites for hydroxylation is 1. The van der Waals surface area contributed by atoms with E-state index in [0.29, 0.717) is 0 Å². The molecule has 0 unspecified atom stereocenters. The molecule has 84 valence electrons. The minimum atomic E-state index is 0.187. The summed E-state index contributed by atoms with van der Waals surface area (Å²) in [6.07, 6.45) is 2.80. The van der Waals surface area contributed by atoms with Gasteiger partial charge in [0.05, 0.1) is 0 Å². The first-order chi connectivity index (χ1) is 8.24. The van der Waals surface area contributed by atoms with Crippen molar-refractivity contribution in [2.24, 2.45) is 0 Å². The molecule has 1 heterocycles. The molecule has 0 bridgehead atoms. The topological polar surface area (TPSA) is 17.1 Å². The van der Waals surface area contributed by atoms with Crippen molar-refractivity contribution in [3.63, 3.8) is 0 Å². The quantitative estimate of drug-likeness (QED) is 0.691. The first kappa shape index (κ1) is 10.5. The molecule has 0 spiro atoms. The fourth-order valence-electron chi connectivity index (χ4n) is 2.17. The van der Waals surface area contributed by atoms with Crippen LogP contribution < -0.4 is 0 Å². The van der Waals surface area contributed by atoms with Crippen molar-refractivity contribution in [2.75, 3.05) is 0 Å². The van der Waals surface area contributed by atoms with E-state index in [1.165, 1.54) is 10.4 Å². The van der Waals surface area contributed by atoms with Crippen molar-refractivity contribution >= 4 is 23.2 Å². The number of allylic oxidation sites excluding steroid dienone is 1. The summed E-state index contributed by atoms with van der Waals surface area (Å²) < 4.78 is 0. The van der Waals surface area contributed by atoms with Gasteiger partial charge in [0.2, 0.25) is 0 Å². The molecule has 1 aromatic carbocycles. The van der Waals surface area contributed by atoms with E-state index in [9.17, 15) is 4.79 Å². The number of carbonyl (C=O) groups is 1. The fraction of sp³-hybridized carbons (Fsp3) is 0.133. The first-order valence-corrected chi connectivity index (χ1v) is 6.50. The van der Waals surface area contributed by atoms with E-state index < -0.39 is 0 Å². The van der Waals surface area contributed by atoms with Gasteiger partial charge in [-0.3, -0.25) is 4.79 Å². The Bertz CT molecular complexity index is 619. The molecular weight excluding hydrogens is 228 g/mol. The molecule has 0 fully saturated rings. The van der Waals surface area contributed by atoms with Gasteiger partial charge in [-0.2, -0.15) is 0 Å². The molecule has 0 N–H and O–H groups in total. The lowest BCUT2D eigenvalue weighted by atomic mass is 10.1. The molecule has 0 atom stereocenters. The Balaban J connectivity index is 1.99. The van der Waals surface area contributed by atoms with Crippen LogP contribution in [0.3, 0.4) is 0 Å². The van der Waals surface area contributed by atoms with E-state index in [4.69, 9.17) is 0 Å². The summed E-state index contributed by atoms with van der Waals surface area (Å²) in [6, 6.07) is 9.99. The first-order valence-electron chi connectivity index (χ1n) is 5.62. The van der Waals surface area contributed by atoms with Gasteiger partial charge < -0.3 is 0 Å². The van der Waals surface area contributed by atoms with Crippen LogP contribution in [0, 0.1) is 6.92 Å². The Morgan fingerprint density at radius 1 is 1.29 bits per heavy atom. The molecule has 1 aliphatic rings. The zero-order valence-electron chi connectivity index (χ0n) is 9.57. The van der Waals surface area contributed by atoms with Crippen molar-refractivity contribution < 1.29 is 4.79 Å². The maximum atomic E-state index is 12.1. The number of carbonyl (C=O) groups excluding carboxylic acids is 1. The minimum absolute atomic E-state index is 0.187. The summed E-state index contributed by atoms with van der Waals surface area (Å²) in [5.41, 5.74) is 4.18. The normalized spacial score (nSPS) is 16.5. The Morgan fingerprint density at radius 3 is 2.82 bits per heavy atom. The highest BCUT2D eigenvalue weighted by molar-refractivity contribution is 7.11. The number of thiophene rings is 1. The lowest BCUT2D eigenvalue weighted by Crippen LogP contribution is -1.94. The molecule has 0 saturated carbocycles. The summed E-state index contributed by atoms with van der Waals surface area (Å²) in [7, 11) is 0. The van der Waals surface area contributed by atoms with Crippen LogP contribution in [0.15, 0.2) is 41.3 Å². The Hall–Kier alpha value is -1.67. The number of hydrogen-bond acceptors (Lipinski definition) is 2. The molecule has 1 aromatic heterocycles. The van der Waals surface area contributed by atoms with Crippen molar-refractivity contribution in [1.82, 2.24) is 0 Å². The summed E-state index contributed by atoms with van der Waals surface area (Å²) in [5, 5.41) is 2.11. The smallest absolute Gasteiger partial charge is 0.189 e. The maximum Gasteiger partial charge on any atom is 0.189 e. The molecule has 1 aliphatic carbocycles. The van der Waals surface area contributed by atoms with Gasteiger partial charge in [-0.15, -0.1) is 11.3 Å². The Morgan fingerprint density at radius 2 is 2.12 bits per heavy atom. The summed E-state index contributed by atoms with van der Waals surface area (Å²) in [4.78, 5) is 13.3. The van der Waals surface area contributed by atoms with Gasteiger partial charge in [-0.1, -0.05) is 24.3 Å². The van der Waals surface area contributed by atoms with Gasteiger partial charge in [0.1, 0.15) is 0 Å². The second-order valence-electron chi connectivity index (χ2n) is 4.36. The monoisotopic (exact) mass is 240 g/mol. The third-order valence-electron chi connectivity index (χ3n) is 3.00. The highest BCUT2D eigenvalue weighted by atomic mass is 32.1. The van der Waals surface area contributed by atoms with Gasteiger partial charge >= 0.3 is 0 Å². The molecule has 2 heteroatoms. The number of rotatable bonds is 1. The molecular formula is C15H12OS. The molecule has 1 nitrogen and oxygen atoms in total. The lowest BCUT2D eigenvalue weighted by Gasteiger charge is -1.92. The molecule has 17 heavy (non-hydrogen) atoms. The van der Waals surface area contributed by atoms with E-state index in [1.807, 2.05) is 30.3 Å². The van der Waals surface area contributed by atoms with Crippen molar-refractivity contribution in [3.05, 3.63) is 62.9 Å².